The third-order valence-electron chi connectivity index (χ3n) is 7.19. The predicted molar refractivity (Wildman–Crippen MR) is 161 cm³/mol. The Bertz CT molecular complexity index is 1810. The fraction of sp³-hybridized carbons (Fsp3) is 0.300. The minimum Gasteiger partial charge on any atom is -0.748 e. The van der Waals surface area contributed by atoms with Crippen molar-refractivity contribution in [2.45, 2.75) is 30.6 Å². The number of carbonyl (C=O) groups is 3. The second kappa shape index (κ2) is 14.5. The molecule has 0 saturated heterocycles. The Morgan fingerprint density at radius 2 is 1.78 bits per heavy atom. The number of nitrogens with zero attached hydrogens (tertiary/aromatic N) is 1. The molecule has 2 N–H and O–H groups in total. The number of carbonyl (C=O) groups excluding carboxylic acids is 2. The van der Waals surface area contributed by atoms with Gasteiger partial charge in [0.1, 0.15) is 18.1 Å². The molecule has 0 spiro atoms. The Morgan fingerprint density at radius 3 is 2.44 bits per heavy atom. The van der Waals surface area contributed by atoms with Crippen LogP contribution in [0.15, 0.2) is 82.3 Å². The number of carboxylic acid groups (broad SMARTS) is 1. The molecule has 15 heteroatoms. The SMILES string of the molecule is CC1(C)/C(=C/C=C/C=C2/C(=O)c3ccccc3S2(=O)=O)N(CCCS(=O)(=O)[O-])c2ccc(NCC(=O)COCC(=O)O)cc21.[Na+]. The monoisotopic (exact) mass is 666 g/mol. The van der Waals surface area contributed by atoms with Crippen LogP contribution in [0.25, 0.3) is 0 Å². The van der Waals surface area contributed by atoms with Gasteiger partial charge in [-0.2, -0.15) is 0 Å². The normalized spacial score (nSPS) is 18.2. The van der Waals surface area contributed by atoms with Gasteiger partial charge in [-0.25, -0.2) is 21.6 Å². The molecule has 2 aromatic carbocycles. The number of ketones is 2. The van der Waals surface area contributed by atoms with Crippen molar-refractivity contribution in [3.63, 3.8) is 0 Å². The van der Waals surface area contributed by atoms with Gasteiger partial charge in [0.25, 0.3) is 0 Å². The zero-order chi connectivity index (χ0) is 32.3. The molecule has 0 saturated carbocycles. The molecule has 4 rings (SSSR count). The van der Waals surface area contributed by atoms with E-state index in [1.165, 1.54) is 24.3 Å². The second-order valence-electron chi connectivity index (χ2n) is 10.7. The molecule has 0 fully saturated rings. The maximum absolute atomic E-state index is 12.9. The molecule has 0 bridgehead atoms. The molecule has 0 atom stereocenters. The molecule has 2 aromatic rings. The maximum atomic E-state index is 12.9. The van der Waals surface area contributed by atoms with Crippen LogP contribution in [-0.4, -0.2) is 76.1 Å². The number of nitrogens with one attached hydrogen (secondary N) is 1. The number of anilines is 2. The van der Waals surface area contributed by atoms with Crippen molar-refractivity contribution in [3.05, 3.63) is 88.5 Å². The molecule has 2 aliphatic rings. The topological polar surface area (TPSA) is 187 Å². The summed E-state index contributed by atoms with van der Waals surface area (Å²) in [5, 5.41) is 11.6. The van der Waals surface area contributed by atoms with Crippen molar-refractivity contribution < 1.29 is 75.2 Å². The summed E-state index contributed by atoms with van der Waals surface area (Å²) in [5.41, 5.74) is 2.39. The summed E-state index contributed by atoms with van der Waals surface area (Å²) in [6, 6.07) is 11.4. The number of hydrogen-bond acceptors (Lipinski definition) is 11. The first kappa shape index (κ1) is 36.4. The van der Waals surface area contributed by atoms with Crippen LogP contribution in [-0.2, 0) is 39.7 Å². The first-order valence-electron chi connectivity index (χ1n) is 13.5. The van der Waals surface area contributed by atoms with Gasteiger partial charge >= 0.3 is 35.5 Å². The van der Waals surface area contributed by atoms with E-state index in [1.54, 1.807) is 36.4 Å². The summed E-state index contributed by atoms with van der Waals surface area (Å²) in [6.07, 6.45) is 6.08. The van der Waals surface area contributed by atoms with E-state index in [0.717, 1.165) is 16.9 Å². The van der Waals surface area contributed by atoms with Crippen molar-refractivity contribution in [3.8, 4) is 0 Å². The molecule has 2 heterocycles. The number of benzene rings is 2. The number of hydrogen-bond donors (Lipinski definition) is 2. The Labute approximate surface area is 283 Å². The summed E-state index contributed by atoms with van der Waals surface area (Å²) < 4.78 is 64.4. The number of fused-ring (bicyclic) bond motifs is 2. The minimum atomic E-state index is -4.43. The first-order chi connectivity index (χ1) is 20.6. The van der Waals surface area contributed by atoms with Gasteiger partial charge in [0.2, 0.25) is 15.6 Å². The van der Waals surface area contributed by atoms with Crippen LogP contribution in [0.5, 0.6) is 0 Å². The average molecular weight is 667 g/mol. The number of rotatable bonds is 13. The van der Waals surface area contributed by atoms with Crippen LogP contribution in [0, 0.1) is 0 Å². The molecular weight excluding hydrogens is 635 g/mol. The van der Waals surface area contributed by atoms with E-state index in [9.17, 15) is 35.8 Å². The molecule has 0 amide bonds. The molecule has 0 aromatic heterocycles. The van der Waals surface area contributed by atoms with Crippen LogP contribution in [0.3, 0.4) is 0 Å². The number of Topliss-reactive ketones (excluding diaryl/α,β-unsaturated/α-hetero) is 2. The molecule has 2 aliphatic heterocycles. The summed E-state index contributed by atoms with van der Waals surface area (Å²) >= 11 is 0. The smallest absolute Gasteiger partial charge is 0.748 e. The van der Waals surface area contributed by atoms with Crippen LogP contribution in [0.2, 0.25) is 0 Å². The number of carboxylic acids is 1. The average Bonchev–Trinajstić information content (AvgIpc) is 3.27. The van der Waals surface area contributed by atoms with Gasteiger partial charge in [-0.3, -0.25) is 9.59 Å². The van der Waals surface area contributed by atoms with E-state index in [1.807, 2.05) is 24.8 Å². The molecule has 12 nitrogen and oxygen atoms in total. The van der Waals surface area contributed by atoms with Crippen LogP contribution in [0.1, 0.15) is 36.2 Å². The van der Waals surface area contributed by atoms with Gasteiger partial charge < -0.3 is 24.6 Å². The van der Waals surface area contributed by atoms with Gasteiger partial charge in [-0.05, 0) is 54.5 Å². The third kappa shape index (κ3) is 8.38. The van der Waals surface area contributed by atoms with E-state index in [2.05, 4.69) is 5.32 Å². The van der Waals surface area contributed by atoms with Crippen LogP contribution < -0.4 is 39.8 Å². The first-order valence-corrected chi connectivity index (χ1v) is 16.6. The standard InChI is InChI=1S/C30H32N2O10S2.Na/c1-30(2)23-16-20(31-17-21(33)18-42-19-28(34)35)12-13-24(23)32(14-7-15-43(37,38)39)27(30)11-6-5-10-26-29(36)22-8-3-4-9-25(22)44(26,40)41;/h3-6,8-13,16,31H,7,14-15,17-19H2,1-2H3,(H,34,35)(H,37,38,39);/q;+1/p-1/b6-5+,26-10-,27-11-;. The van der Waals surface area contributed by atoms with Gasteiger partial charge in [0, 0.05) is 40.3 Å². The largest absolute Gasteiger partial charge is 1.00 e. The summed E-state index contributed by atoms with van der Waals surface area (Å²) in [7, 11) is -8.38. The molecule has 45 heavy (non-hydrogen) atoms. The van der Waals surface area contributed by atoms with Crippen molar-refractivity contribution in [1.29, 1.82) is 0 Å². The fourth-order valence-electron chi connectivity index (χ4n) is 5.15. The molecule has 0 radical (unpaired) electrons. The Balaban J connectivity index is 0.00000552. The van der Waals surface area contributed by atoms with E-state index in [4.69, 9.17) is 9.84 Å². The summed E-state index contributed by atoms with van der Waals surface area (Å²) in [5.74, 6) is -2.67. The van der Waals surface area contributed by atoms with Gasteiger partial charge in [0.15, 0.2) is 5.78 Å². The molecular formula is C30H31N2NaO10S2. The van der Waals surface area contributed by atoms with E-state index in [0.29, 0.717) is 5.69 Å². The van der Waals surface area contributed by atoms with E-state index >= 15 is 0 Å². The van der Waals surface area contributed by atoms with Crippen molar-refractivity contribution in [2.75, 3.05) is 42.3 Å². The van der Waals surface area contributed by atoms with Gasteiger partial charge in [-0.1, -0.05) is 38.1 Å². The third-order valence-corrected chi connectivity index (χ3v) is 9.82. The summed E-state index contributed by atoms with van der Waals surface area (Å²) in [6.45, 7) is 3.03. The second-order valence-corrected chi connectivity index (χ2v) is 14.1. The van der Waals surface area contributed by atoms with Gasteiger partial charge in [-0.15, -0.1) is 0 Å². The fourth-order valence-corrected chi connectivity index (χ4v) is 7.19. The van der Waals surface area contributed by atoms with Gasteiger partial charge in [0.05, 0.1) is 21.6 Å². The Hall–Kier alpha value is -3.11. The Kier molecular flexibility index (Phi) is 11.7. The number of ether oxygens (including phenoxy) is 1. The quantitative estimate of drug-likeness (QED) is 0.163. The molecule has 234 valence electrons. The molecule has 0 aliphatic carbocycles. The predicted octanol–water partition coefficient (Wildman–Crippen LogP) is -0.200. The van der Waals surface area contributed by atoms with Crippen molar-refractivity contribution in [1.82, 2.24) is 0 Å². The summed E-state index contributed by atoms with van der Waals surface area (Å²) in [4.78, 5) is 36.9. The Morgan fingerprint density at radius 1 is 1.09 bits per heavy atom. The molecule has 0 unspecified atom stereocenters. The minimum absolute atomic E-state index is 0. The zero-order valence-electron chi connectivity index (χ0n) is 25.0. The van der Waals surface area contributed by atoms with E-state index < -0.39 is 49.5 Å². The zero-order valence-corrected chi connectivity index (χ0v) is 28.6. The van der Waals surface area contributed by atoms with Crippen molar-refractivity contribution in [2.24, 2.45) is 0 Å². The number of allylic oxidation sites excluding steroid dienone is 6. The van der Waals surface area contributed by atoms with Crippen molar-refractivity contribution >= 4 is 48.9 Å². The van der Waals surface area contributed by atoms with Crippen LogP contribution >= 0.6 is 0 Å². The van der Waals surface area contributed by atoms with E-state index in [-0.39, 0.29) is 76.8 Å². The number of sulfone groups is 1. The number of aliphatic carboxylic acids is 1. The van der Waals surface area contributed by atoms with Crippen LogP contribution in [0.4, 0.5) is 11.4 Å². The maximum Gasteiger partial charge on any atom is 1.00 e.